The number of hydrogen-bond donors (Lipinski definition) is 2. The van der Waals surface area contributed by atoms with E-state index in [1.165, 1.54) is 0 Å². The van der Waals surface area contributed by atoms with Crippen molar-refractivity contribution in [1.82, 2.24) is 5.32 Å². The summed E-state index contributed by atoms with van der Waals surface area (Å²) in [4.78, 5) is 12.2. The van der Waals surface area contributed by atoms with Crippen LogP contribution in [0.2, 0.25) is 5.02 Å². The van der Waals surface area contributed by atoms with Gasteiger partial charge in [-0.1, -0.05) is 41.9 Å². The highest BCUT2D eigenvalue weighted by Crippen LogP contribution is 2.50. The van der Waals surface area contributed by atoms with Crippen molar-refractivity contribution >= 4 is 17.5 Å². The van der Waals surface area contributed by atoms with Crippen molar-refractivity contribution in [2.24, 2.45) is 5.73 Å². The molecule has 11 heteroatoms. The molecule has 5 nitrogen and oxygen atoms in total. The quantitative estimate of drug-likeness (QED) is 0.341. The fourth-order valence-corrected chi connectivity index (χ4v) is 5.28. The Morgan fingerprint density at radius 3 is 2.50 bits per heavy atom. The van der Waals surface area contributed by atoms with Gasteiger partial charge in [-0.2, -0.15) is 8.78 Å². The maximum absolute atomic E-state index is 15.6. The third-order valence-corrected chi connectivity index (χ3v) is 7.32. The van der Waals surface area contributed by atoms with Crippen LogP contribution >= 0.6 is 11.6 Å². The molecule has 1 fully saturated rings. The van der Waals surface area contributed by atoms with E-state index in [1.54, 1.807) is 30.3 Å². The summed E-state index contributed by atoms with van der Waals surface area (Å²) in [7, 11) is 0. The minimum Gasteiger partial charge on any atom is -0.480 e. The van der Waals surface area contributed by atoms with E-state index in [0.717, 1.165) is 18.2 Å². The summed E-state index contributed by atoms with van der Waals surface area (Å²) in [6.45, 7) is -3.16. The lowest BCUT2D eigenvalue weighted by Crippen LogP contribution is -2.50. The molecule has 5 rings (SSSR count). The summed E-state index contributed by atoms with van der Waals surface area (Å²) in [5, 5.41) is 2.74. The fraction of sp³-hybridized carbons (Fsp3) is 0.296. The largest absolute Gasteiger partial charge is 0.480 e. The van der Waals surface area contributed by atoms with E-state index in [4.69, 9.17) is 22.1 Å². The molecule has 0 aromatic heterocycles. The number of carbonyl (C=O) groups is 1. The second-order valence-electron chi connectivity index (χ2n) is 9.35. The smallest absolute Gasteiger partial charge is 0.387 e. The fourth-order valence-electron chi connectivity index (χ4n) is 5.02. The van der Waals surface area contributed by atoms with E-state index in [2.05, 4.69) is 10.1 Å². The Kier molecular flexibility index (Phi) is 6.96. The molecule has 0 unspecified atom stereocenters. The van der Waals surface area contributed by atoms with Crippen LogP contribution in [0.1, 0.15) is 34.3 Å². The minimum absolute atomic E-state index is 0.0273. The summed E-state index contributed by atoms with van der Waals surface area (Å²) < 4.78 is 80.6. The molecule has 0 saturated heterocycles. The molecule has 3 aromatic carbocycles. The van der Waals surface area contributed by atoms with Crippen molar-refractivity contribution < 1.29 is 36.2 Å². The third kappa shape index (κ3) is 4.67. The van der Waals surface area contributed by atoms with Crippen LogP contribution in [0.5, 0.6) is 11.5 Å². The molecular formula is C27H22ClF5N2O3. The molecule has 0 bridgehead atoms. The molecule has 0 radical (unpaired) electrons. The lowest BCUT2D eigenvalue weighted by atomic mass is 9.84. The maximum atomic E-state index is 15.6. The first-order chi connectivity index (χ1) is 18.1. The molecule has 38 heavy (non-hydrogen) atoms. The highest BCUT2D eigenvalue weighted by molar-refractivity contribution is 6.34. The van der Waals surface area contributed by atoms with Crippen LogP contribution in [0.3, 0.4) is 0 Å². The number of carbonyl (C=O) groups excluding carboxylic acids is 1. The standard InChI is InChI=1S/C27H22ClF5N2O3/c28-23-18(30)10-20-17(21(23)22-16(25(34)36)6-7-19(24(22)31)37-26(32)33)11-27(38-20,13-4-2-1-3-5-13)12-35-15-8-14(29)9-15/h1-7,10,14-15,26,35H,8-9,11-12H2,(H2,34,36)/t14-,15-,27-/m1/s1. The Balaban J connectivity index is 1.66. The molecule has 1 atom stereocenters. The number of alkyl halides is 3. The average Bonchev–Trinajstić information content (AvgIpc) is 3.23. The Morgan fingerprint density at radius 2 is 1.87 bits per heavy atom. The lowest BCUT2D eigenvalue weighted by molar-refractivity contribution is -0.0521. The van der Waals surface area contributed by atoms with E-state index in [9.17, 15) is 18.0 Å². The van der Waals surface area contributed by atoms with Gasteiger partial charge in [-0.05, 0) is 30.5 Å². The van der Waals surface area contributed by atoms with E-state index in [1.807, 2.05) is 0 Å². The van der Waals surface area contributed by atoms with Gasteiger partial charge in [0.15, 0.2) is 17.2 Å². The summed E-state index contributed by atoms with van der Waals surface area (Å²) in [5.41, 5.74) is 4.05. The number of rotatable bonds is 8. The monoisotopic (exact) mass is 552 g/mol. The van der Waals surface area contributed by atoms with Crippen molar-refractivity contribution in [3.05, 3.63) is 81.9 Å². The number of hydrogen-bond acceptors (Lipinski definition) is 4. The second kappa shape index (κ2) is 10.1. The number of benzene rings is 3. The van der Waals surface area contributed by atoms with Crippen LogP contribution in [-0.4, -0.2) is 31.3 Å². The van der Waals surface area contributed by atoms with Crippen LogP contribution in [-0.2, 0) is 12.0 Å². The molecule has 1 saturated carbocycles. The number of ether oxygens (including phenoxy) is 2. The van der Waals surface area contributed by atoms with Gasteiger partial charge in [-0.15, -0.1) is 0 Å². The van der Waals surface area contributed by atoms with Crippen LogP contribution in [0.25, 0.3) is 11.1 Å². The number of fused-ring (bicyclic) bond motifs is 1. The van der Waals surface area contributed by atoms with Gasteiger partial charge >= 0.3 is 6.61 Å². The summed E-state index contributed by atoms with van der Waals surface area (Å²) >= 11 is 6.34. The van der Waals surface area contributed by atoms with Gasteiger partial charge in [-0.25, -0.2) is 13.2 Å². The lowest BCUT2D eigenvalue weighted by Gasteiger charge is -2.36. The summed E-state index contributed by atoms with van der Waals surface area (Å²) in [6, 6.07) is 11.8. The van der Waals surface area contributed by atoms with Crippen LogP contribution in [0.15, 0.2) is 48.5 Å². The van der Waals surface area contributed by atoms with Crippen LogP contribution in [0.4, 0.5) is 22.0 Å². The third-order valence-electron chi connectivity index (χ3n) is 6.95. The van der Waals surface area contributed by atoms with Crippen LogP contribution in [0, 0.1) is 11.6 Å². The first kappa shape index (κ1) is 26.2. The average molecular weight is 553 g/mol. The normalized spacial score (nSPS) is 22.1. The Labute approximate surface area is 219 Å². The second-order valence-corrected chi connectivity index (χ2v) is 9.73. The van der Waals surface area contributed by atoms with Crippen LogP contribution < -0.4 is 20.5 Å². The number of halogens is 6. The zero-order valence-corrected chi connectivity index (χ0v) is 20.5. The molecule has 1 aliphatic carbocycles. The number of amides is 1. The maximum Gasteiger partial charge on any atom is 0.387 e. The van der Waals surface area contributed by atoms with Gasteiger partial charge in [0.2, 0.25) is 5.91 Å². The van der Waals surface area contributed by atoms with Gasteiger partial charge in [0.25, 0.3) is 0 Å². The SMILES string of the molecule is NC(=O)c1ccc(OC(F)F)c(F)c1-c1c(Cl)c(F)cc2c1C[C@@](CN[C@H]1C[C@H](F)C1)(c1ccccc1)O2. The van der Waals surface area contributed by atoms with Crippen molar-refractivity contribution in [2.45, 2.75) is 43.7 Å². The molecular weight excluding hydrogens is 531 g/mol. The molecule has 200 valence electrons. The molecule has 1 aliphatic heterocycles. The van der Waals surface area contributed by atoms with E-state index >= 15 is 8.78 Å². The Morgan fingerprint density at radius 1 is 1.16 bits per heavy atom. The number of nitrogens with one attached hydrogen (secondary N) is 1. The minimum atomic E-state index is -3.36. The number of primary amides is 1. The highest BCUT2D eigenvalue weighted by Gasteiger charge is 2.45. The summed E-state index contributed by atoms with van der Waals surface area (Å²) in [5.74, 6) is -4.26. The predicted octanol–water partition coefficient (Wildman–Crippen LogP) is 5.91. The van der Waals surface area contributed by atoms with Gasteiger partial charge in [0, 0.05) is 41.8 Å². The Hall–Kier alpha value is -3.37. The van der Waals surface area contributed by atoms with Crippen molar-refractivity contribution in [3.63, 3.8) is 0 Å². The van der Waals surface area contributed by atoms with Crippen molar-refractivity contribution in [1.29, 1.82) is 0 Å². The van der Waals surface area contributed by atoms with Gasteiger partial charge in [0.1, 0.15) is 17.7 Å². The zero-order valence-electron chi connectivity index (χ0n) is 19.7. The molecule has 2 aliphatic rings. The molecule has 3 aromatic rings. The topological polar surface area (TPSA) is 73.6 Å². The van der Waals surface area contributed by atoms with Gasteiger partial charge in [-0.3, -0.25) is 4.79 Å². The van der Waals surface area contributed by atoms with Gasteiger partial charge < -0.3 is 20.5 Å². The first-order valence-electron chi connectivity index (χ1n) is 11.8. The predicted molar refractivity (Wildman–Crippen MR) is 130 cm³/mol. The van der Waals surface area contributed by atoms with Gasteiger partial charge in [0.05, 0.1) is 10.6 Å². The highest BCUT2D eigenvalue weighted by atomic mass is 35.5. The van der Waals surface area contributed by atoms with E-state index in [-0.39, 0.29) is 35.9 Å². The van der Waals surface area contributed by atoms with Crippen molar-refractivity contribution in [3.8, 4) is 22.6 Å². The van der Waals surface area contributed by atoms with E-state index in [0.29, 0.717) is 18.4 Å². The molecule has 1 heterocycles. The molecule has 0 spiro atoms. The van der Waals surface area contributed by atoms with Crippen molar-refractivity contribution in [2.75, 3.05) is 6.54 Å². The molecule has 3 N–H and O–H groups in total. The summed E-state index contributed by atoms with van der Waals surface area (Å²) in [6.07, 6.45) is -0.168. The zero-order chi connectivity index (χ0) is 27.2. The Bertz CT molecular complexity index is 1390. The number of nitrogens with two attached hydrogens (primary N) is 1. The van der Waals surface area contributed by atoms with E-state index < -0.39 is 57.8 Å². The first-order valence-corrected chi connectivity index (χ1v) is 12.2. The molecule has 1 amide bonds.